The smallest absolute Gasteiger partial charge is 0.139 e. The van der Waals surface area contributed by atoms with Crippen LogP contribution >= 0.6 is 15.9 Å². The highest BCUT2D eigenvalue weighted by Gasteiger charge is 2.32. The van der Waals surface area contributed by atoms with Gasteiger partial charge in [-0.3, -0.25) is 0 Å². The van der Waals surface area contributed by atoms with Crippen LogP contribution in [0.25, 0.3) is 6.08 Å². The van der Waals surface area contributed by atoms with Gasteiger partial charge in [-0.25, -0.2) is 0 Å². The van der Waals surface area contributed by atoms with Gasteiger partial charge in [0.1, 0.15) is 30.2 Å². The fraction of sp³-hybridized carbons (Fsp3) is 0.467. The number of rotatable bonds is 7. The molecule has 0 saturated carbocycles. The molecular weight excluding hydrogens is 356 g/mol. The van der Waals surface area contributed by atoms with Crippen LogP contribution in [0.1, 0.15) is 18.1 Å². The number of benzene rings is 1. The summed E-state index contributed by atoms with van der Waals surface area (Å²) in [5.74, 6) is -0.562. The fourth-order valence-corrected chi connectivity index (χ4v) is 2.57. The summed E-state index contributed by atoms with van der Waals surface area (Å²) in [6.45, 7) is 1.22. The molecule has 124 valence electrons. The molecule has 0 fully saturated rings. The molecule has 0 aromatic heterocycles. The van der Waals surface area contributed by atoms with Crippen LogP contribution in [0.4, 0.5) is 0 Å². The maximum absolute atomic E-state index is 9.84. The van der Waals surface area contributed by atoms with Gasteiger partial charge >= 0.3 is 0 Å². The van der Waals surface area contributed by atoms with E-state index in [0.29, 0.717) is 5.56 Å². The highest BCUT2D eigenvalue weighted by Crippen LogP contribution is 2.21. The molecular formula is C15H21BrO6. The Morgan fingerprint density at radius 3 is 2.32 bits per heavy atom. The molecule has 1 aromatic carbocycles. The molecule has 0 saturated heterocycles. The molecule has 6 nitrogen and oxygen atoms in total. The van der Waals surface area contributed by atoms with E-state index >= 15 is 0 Å². The summed E-state index contributed by atoms with van der Waals surface area (Å²) in [5, 5.41) is 56.8. The number of halogens is 1. The standard InChI is InChI=1S/C15H21BrO6/c1-2-9-4-3-8(5-10(9)16)6-11(18)13(20)15(22)14(21)12(19)7-17/h3-6,12-15,17-22H,2,7H2,1H3. The van der Waals surface area contributed by atoms with Gasteiger partial charge in [0.05, 0.1) is 6.61 Å². The summed E-state index contributed by atoms with van der Waals surface area (Å²) >= 11 is 3.39. The van der Waals surface area contributed by atoms with E-state index in [1.807, 2.05) is 13.0 Å². The lowest BCUT2D eigenvalue weighted by atomic mass is 10.0. The van der Waals surface area contributed by atoms with Crippen molar-refractivity contribution in [1.82, 2.24) is 0 Å². The van der Waals surface area contributed by atoms with Crippen molar-refractivity contribution in [3.63, 3.8) is 0 Å². The van der Waals surface area contributed by atoms with Crippen LogP contribution in [0, 0.1) is 0 Å². The van der Waals surface area contributed by atoms with Crippen LogP contribution in [0.15, 0.2) is 28.4 Å². The second-order valence-electron chi connectivity index (χ2n) is 4.95. The van der Waals surface area contributed by atoms with Crippen molar-refractivity contribution >= 4 is 22.0 Å². The summed E-state index contributed by atoms with van der Waals surface area (Å²) < 4.78 is 0.849. The minimum absolute atomic E-state index is 0.562. The Kier molecular flexibility index (Phi) is 7.47. The number of aliphatic hydroxyl groups excluding tert-OH is 6. The molecule has 0 aliphatic carbocycles. The zero-order chi connectivity index (χ0) is 16.9. The molecule has 1 aromatic rings. The molecule has 7 heteroatoms. The van der Waals surface area contributed by atoms with Gasteiger partial charge < -0.3 is 30.6 Å². The lowest BCUT2D eigenvalue weighted by Crippen LogP contribution is -2.46. The van der Waals surface area contributed by atoms with Crippen LogP contribution < -0.4 is 0 Å². The minimum atomic E-state index is -1.84. The van der Waals surface area contributed by atoms with Crippen molar-refractivity contribution in [2.45, 2.75) is 37.8 Å². The van der Waals surface area contributed by atoms with Gasteiger partial charge in [-0.1, -0.05) is 35.0 Å². The van der Waals surface area contributed by atoms with Crippen LogP contribution in [0.2, 0.25) is 0 Å². The molecule has 0 bridgehead atoms. The average molecular weight is 377 g/mol. The average Bonchev–Trinajstić information content (AvgIpc) is 2.51. The SMILES string of the molecule is CCc1ccc(C=C(O)C(O)C(O)C(O)C(O)CO)cc1Br. The zero-order valence-corrected chi connectivity index (χ0v) is 13.7. The van der Waals surface area contributed by atoms with E-state index in [1.54, 1.807) is 12.1 Å². The third kappa shape index (κ3) is 4.77. The number of hydrogen-bond donors (Lipinski definition) is 6. The molecule has 0 amide bonds. The normalized spacial score (nSPS) is 17.9. The monoisotopic (exact) mass is 376 g/mol. The Hall–Kier alpha value is -0.960. The Balaban J connectivity index is 2.89. The van der Waals surface area contributed by atoms with Gasteiger partial charge in [0.2, 0.25) is 0 Å². The molecule has 0 aliphatic rings. The minimum Gasteiger partial charge on any atom is -0.509 e. The lowest BCUT2D eigenvalue weighted by molar-refractivity contribution is -0.112. The molecule has 22 heavy (non-hydrogen) atoms. The van der Waals surface area contributed by atoms with E-state index in [4.69, 9.17) is 5.11 Å². The number of hydrogen-bond acceptors (Lipinski definition) is 6. The van der Waals surface area contributed by atoms with E-state index in [2.05, 4.69) is 15.9 Å². The van der Waals surface area contributed by atoms with Crippen LogP contribution in [0.3, 0.4) is 0 Å². The summed E-state index contributed by atoms with van der Waals surface area (Å²) in [5.41, 5.74) is 1.67. The molecule has 4 unspecified atom stereocenters. The Morgan fingerprint density at radius 2 is 1.82 bits per heavy atom. The van der Waals surface area contributed by atoms with Crippen molar-refractivity contribution in [2.24, 2.45) is 0 Å². The van der Waals surface area contributed by atoms with Crippen molar-refractivity contribution < 1.29 is 30.6 Å². The molecule has 0 heterocycles. The zero-order valence-electron chi connectivity index (χ0n) is 12.1. The van der Waals surface area contributed by atoms with Gasteiger partial charge in [-0.15, -0.1) is 0 Å². The van der Waals surface area contributed by atoms with Crippen molar-refractivity contribution in [1.29, 1.82) is 0 Å². The first-order valence-corrected chi connectivity index (χ1v) is 7.63. The second kappa shape index (κ2) is 8.61. The van der Waals surface area contributed by atoms with Gasteiger partial charge in [0, 0.05) is 4.47 Å². The van der Waals surface area contributed by atoms with E-state index in [-0.39, 0.29) is 0 Å². The highest BCUT2D eigenvalue weighted by molar-refractivity contribution is 9.10. The second-order valence-corrected chi connectivity index (χ2v) is 5.80. The maximum atomic E-state index is 9.84. The number of aliphatic hydroxyl groups is 6. The summed E-state index contributed by atoms with van der Waals surface area (Å²) in [6, 6.07) is 5.33. The van der Waals surface area contributed by atoms with E-state index in [0.717, 1.165) is 16.5 Å². The first-order valence-electron chi connectivity index (χ1n) is 6.83. The third-order valence-electron chi connectivity index (χ3n) is 3.33. The van der Waals surface area contributed by atoms with E-state index < -0.39 is 36.8 Å². The Bertz CT molecular complexity index is 519. The molecule has 6 N–H and O–H groups in total. The van der Waals surface area contributed by atoms with Crippen molar-refractivity contribution in [2.75, 3.05) is 6.61 Å². The first kappa shape index (κ1) is 19.1. The van der Waals surface area contributed by atoms with Crippen LogP contribution in [-0.2, 0) is 6.42 Å². The van der Waals surface area contributed by atoms with Gasteiger partial charge in [0.25, 0.3) is 0 Å². The first-order chi connectivity index (χ1) is 10.3. The molecule has 0 aliphatic heterocycles. The van der Waals surface area contributed by atoms with Crippen LogP contribution in [-0.4, -0.2) is 61.7 Å². The van der Waals surface area contributed by atoms with Gasteiger partial charge in [-0.05, 0) is 29.7 Å². The predicted molar refractivity (Wildman–Crippen MR) is 85.2 cm³/mol. The molecule has 0 spiro atoms. The van der Waals surface area contributed by atoms with Gasteiger partial charge in [-0.2, -0.15) is 0 Å². The Morgan fingerprint density at radius 1 is 1.18 bits per heavy atom. The quantitative estimate of drug-likeness (QED) is 0.382. The largest absolute Gasteiger partial charge is 0.509 e. The van der Waals surface area contributed by atoms with E-state index in [9.17, 15) is 25.5 Å². The summed E-state index contributed by atoms with van der Waals surface area (Å²) in [4.78, 5) is 0. The van der Waals surface area contributed by atoms with Crippen LogP contribution in [0.5, 0.6) is 0 Å². The Labute approximate surface area is 137 Å². The van der Waals surface area contributed by atoms with Gasteiger partial charge in [0.15, 0.2) is 0 Å². The van der Waals surface area contributed by atoms with Crippen molar-refractivity contribution in [3.05, 3.63) is 39.6 Å². The molecule has 0 radical (unpaired) electrons. The highest BCUT2D eigenvalue weighted by atomic mass is 79.9. The summed E-state index contributed by atoms with van der Waals surface area (Å²) in [7, 11) is 0. The van der Waals surface area contributed by atoms with Crippen molar-refractivity contribution in [3.8, 4) is 0 Å². The topological polar surface area (TPSA) is 121 Å². The third-order valence-corrected chi connectivity index (χ3v) is 4.07. The fourth-order valence-electron chi connectivity index (χ4n) is 1.89. The lowest BCUT2D eigenvalue weighted by Gasteiger charge is -2.25. The summed E-state index contributed by atoms with van der Waals surface area (Å²) in [6.07, 6.45) is -4.95. The predicted octanol–water partition coefficient (Wildman–Crippen LogP) is 0.346. The molecule has 1 rings (SSSR count). The maximum Gasteiger partial charge on any atom is 0.139 e. The number of aryl methyl sites for hydroxylation is 1. The molecule has 4 atom stereocenters. The van der Waals surface area contributed by atoms with E-state index in [1.165, 1.54) is 6.08 Å².